The zero-order valence-electron chi connectivity index (χ0n) is 13.7. The van der Waals surface area contributed by atoms with Crippen molar-refractivity contribution in [2.75, 3.05) is 20.1 Å². The average molecular weight is 304 g/mol. The molecule has 6 heteroatoms. The summed E-state index contributed by atoms with van der Waals surface area (Å²) in [7, 11) is 1.79. The smallest absolute Gasteiger partial charge is 0.317 e. The molecule has 0 saturated heterocycles. The summed E-state index contributed by atoms with van der Waals surface area (Å²) in [6.07, 6.45) is 0.699. The number of urea groups is 1. The molecule has 0 aliphatic heterocycles. The third-order valence-corrected chi connectivity index (χ3v) is 3.54. The standard InChI is InChI=1S/C16H24N4O2/c1-12-11-13(2)20(18-12)10-9-19(4)16(21)17-8-7-15-6-5-14(3)22-15/h5-6,11H,7-10H2,1-4H3,(H,17,21). The Morgan fingerprint density at radius 1 is 1.36 bits per heavy atom. The molecule has 0 spiro atoms. The first-order valence-corrected chi connectivity index (χ1v) is 7.51. The van der Waals surface area contributed by atoms with Gasteiger partial charge in [-0.1, -0.05) is 0 Å². The molecule has 0 saturated carbocycles. The highest BCUT2D eigenvalue weighted by Crippen LogP contribution is 2.06. The number of nitrogens with one attached hydrogen (secondary N) is 1. The summed E-state index contributed by atoms with van der Waals surface area (Å²) < 4.78 is 7.39. The molecule has 6 nitrogen and oxygen atoms in total. The molecule has 2 aromatic rings. The minimum atomic E-state index is -0.0789. The Morgan fingerprint density at radius 3 is 2.73 bits per heavy atom. The first-order valence-electron chi connectivity index (χ1n) is 7.51. The topological polar surface area (TPSA) is 63.3 Å². The predicted octanol–water partition coefficient (Wildman–Crippen LogP) is 2.29. The van der Waals surface area contributed by atoms with Gasteiger partial charge in [0.15, 0.2) is 0 Å². The maximum atomic E-state index is 12.0. The van der Waals surface area contributed by atoms with E-state index in [1.54, 1.807) is 11.9 Å². The molecule has 0 aliphatic rings. The van der Waals surface area contributed by atoms with E-state index in [0.717, 1.165) is 22.9 Å². The van der Waals surface area contributed by atoms with Gasteiger partial charge < -0.3 is 14.6 Å². The average Bonchev–Trinajstić information content (AvgIpc) is 3.01. The lowest BCUT2D eigenvalue weighted by molar-refractivity contribution is 0.206. The highest BCUT2D eigenvalue weighted by Gasteiger charge is 2.09. The van der Waals surface area contributed by atoms with Crippen molar-refractivity contribution in [2.45, 2.75) is 33.7 Å². The Labute approximate surface area is 131 Å². The first-order chi connectivity index (χ1) is 10.5. The number of likely N-dealkylation sites (N-methyl/N-ethyl adjacent to an activating group) is 1. The molecule has 0 unspecified atom stereocenters. The Kier molecular flexibility index (Phi) is 5.25. The fraction of sp³-hybridized carbons (Fsp3) is 0.500. The maximum Gasteiger partial charge on any atom is 0.317 e. The van der Waals surface area contributed by atoms with Crippen LogP contribution < -0.4 is 5.32 Å². The lowest BCUT2D eigenvalue weighted by Gasteiger charge is -2.18. The van der Waals surface area contributed by atoms with E-state index < -0.39 is 0 Å². The number of aromatic nitrogens is 2. The second-order valence-corrected chi connectivity index (χ2v) is 5.57. The van der Waals surface area contributed by atoms with Crippen molar-refractivity contribution < 1.29 is 9.21 Å². The van der Waals surface area contributed by atoms with Crippen LogP contribution in [0.5, 0.6) is 0 Å². The van der Waals surface area contributed by atoms with Gasteiger partial charge in [0.2, 0.25) is 0 Å². The Hall–Kier alpha value is -2.24. The van der Waals surface area contributed by atoms with Gasteiger partial charge in [-0.05, 0) is 39.0 Å². The van der Waals surface area contributed by atoms with Gasteiger partial charge in [-0.15, -0.1) is 0 Å². The molecule has 2 rings (SSSR count). The van der Waals surface area contributed by atoms with Crippen LogP contribution in [0.4, 0.5) is 4.79 Å². The Morgan fingerprint density at radius 2 is 2.14 bits per heavy atom. The third kappa shape index (κ3) is 4.38. The van der Waals surface area contributed by atoms with Gasteiger partial charge in [0.1, 0.15) is 11.5 Å². The van der Waals surface area contributed by atoms with Crippen LogP contribution in [-0.2, 0) is 13.0 Å². The quantitative estimate of drug-likeness (QED) is 0.890. The molecule has 120 valence electrons. The van der Waals surface area contributed by atoms with Gasteiger partial charge in [-0.25, -0.2) is 4.79 Å². The van der Waals surface area contributed by atoms with Crippen LogP contribution in [0, 0.1) is 20.8 Å². The van der Waals surface area contributed by atoms with Crippen LogP contribution in [0.3, 0.4) is 0 Å². The number of hydrogen-bond acceptors (Lipinski definition) is 3. The fourth-order valence-electron chi connectivity index (χ4n) is 2.29. The van der Waals surface area contributed by atoms with Crippen molar-refractivity contribution in [1.82, 2.24) is 20.0 Å². The third-order valence-electron chi connectivity index (χ3n) is 3.54. The Bertz CT molecular complexity index is 630. The molecule has 2 amide bonds. The number of nitrogens with zero attached hydrogens (tertiary/aromatic N) is 3. The molecular weight excluding hydrogens is 280 g/mol. The van der Waals surface area contributed by atoms with Crippen molar-refractivity contribution in [3.8, 4) is 0 Å². The van der Waals surface area contributed by atoms with E-state index >= 15 is 0 Å². The van der Waals surface area contributed by atoms with Crippen LogP contribution in [0.25, 0.3) is 0 Å². The highest BCUT2D eigenvalue weighted by atomic mass is 16.3. The van der Waals surface area contributed by atoms with Gasteiger partial charge in [0.25, 0.3) is 0 Å². The molecule has 2 heterocycles. The largest absolute Gasteiger partial charge is 0.466 e. The van der Waals surface area contributed by atoms with Crippen molar-refractivity contribution >= 4 is 6.03 Å². The summed E-state index contributed by atoms with van der Waals surface area (Å²) in [4.78, 5) is 13.7. The minimum Gasteiger partial charge on any atom is -0.466 e. The molecule has 22 heavy (non-hydrogen) atoms. The molecule has 0 bridgehead atoms. The van der Waals surface area contributed by atoms with E-state index in [9.17, 15) is 4.79 Å². The normalized spacial score (nSPS) is 10.7. The molecule has 0 fully saturated rings. The van der Waals surface area contributed by atoms with Gasteiger partial charge in [0, 0.05) is 32.3 Å². The van der Waals surface area contributed by atoms with Crippen LogP contribution in [0.1, 0.15) is 22.9 Å². The number of amides is 2. The number of hydrogen-bond donors (Lipinski definition) is 1. The van der Waals surface area contributed by atoms with Crippen LogP contribution in [0.15, 0.2) is 22.6 Å². The van der Waals surface area contributed by atoms with E-state index in [2.05, 4.69) is 10.4 Å². The Balaban J connectivity index is 1.71. The summed E-state index contributed by atoms with van der Waals surface area (Å²) in [5, 5.41) is 7.29. The molecule has 1 N–H and O–H groups in total. The van der Waals surface area contributed by atoms with E-state index in [1.165, 1.54) is 0 Å². The van der Waals surface area contributed by atoms with Crippen LogP contribution >= 0.6 is 0 Å². The summed E-state index contributed by atoms with van der Waals surface area (Å²) >= 11 is 0. The zero-order chi connectivity index (χ0) is 16.1. The van der Waals surface area contributed by atoms with Crippen molar-refractivity contribution in [3.63, 3.8) is 0 Å². The van der Waals surface area contributed by atoms with Crippen LogP contribution in [-0.4, -0.2) is 40.8 Å². The number of rotatable bonds is 6. The summed E-state index contributed by atoms with van der Waals surface area (Å²) in [6, 6.07) is 5.82. The molecular formula is C16H24N4O2. The SMILES string of the molecule is Cc1cc(C)n(CCN(C)C(=O)NCCc2ccc(C)o2)n1. The second-order valence-electron chi connectivity index (χ2n) is 5.57. The monoisotopic (exact) mass is 304 g/mol. The first kappa shape index (κ1) is 16.1. The van der Waals surface area contributed by atoms with Crippen molar-refractivity contribution in [2.24, 2.45) is 0 Å². The fourth-order valence-corrected chi connectivity index (χ4v) is 2.29. The van der Waals surface area contributed by atoms with Crippen molar-refractivity contribution in [1.29, 1.82) is 0 Å². The van der Waals surface area contributed by atoms with Gasteiger partial charge in [0.05, 0.1) is 12.2 Å². The van der Waals surface area contributed by atoms with Crippen molar-refractivity contribution in [3.05, 3.63) is 41.1 Å². The summed E-state index contributed by atoms with van der Waals surface area (Å²) in [5.41, 5.74) is 2.11. The van der Waals surface area contributed by atoms with E-state index in [1.807, 2.05) is 43.7 Å². The molecule has 0 aliphatic carbocycles. The zero-order valence-corrected chi connectivity index (χ0v) is 13.7. The molecule has 2 aromatic heterocycles. The van der Waals surface area contributed by atoms with Gasteiger partial charge in [-0.2, -0.15) is 5.10 Å². The number of carbonyl (C=O) groups excluding carboxylic acids is 1. The maximum absolute atomic E-state index is 12.0. The predicted molar refractivity (Wildman–Crippen MR) is 84.9 cm³/mol. The van der Waals surface area contributed by atoms with E-state index in [-0.39, 0.29) is 6.03 Å². The van der Waals surface area contributed by atoms with Gasteiger partial charge in [-0.3, -0.25) is 4.68 Å². The molecule has 0 aromatic carbocycles. The van der Waals surface area contributed by atoms with E-state index in [4.69, 9.17) is 4.42 Å². The molecule has 0 atom stereocenters. The lowest BCUT2D eigenvalue weighted by Crippen LogP contribution is -2.39. The lowest BCUT2D eigenvalue weighted by atomic mass is 10.3. The number of carbonyl (C=O) groups is 1. The highest BCUT2D eigenvalue weighted by molar-refractivity contribution is 5.73. The summed E-state index contributed by atoms with van der Waals surface area (Å²) in [6.45, 7) is 7.78. The molecule has 0 radical (unpaired) electrons. The minimum absolute atomic E-state index is 0.0789. The number of furan rings is 1. The van der Waals surface area contributed by atoms with Gasteiger partial charge >= 0.3 is 6.03 Å². The van der Waals surface area contributed by atoms with Crippen LogP contribution in [0.2, 0.25) is 0 Å². The van der Waals surface area contributed by atoms with E-state index in [0.29, 0.717) is 26.1 Å². The second kappa shape index (κ2) is 7.15. The number of aryl methyl sites for hydroxylation is 3. The summed E-state index contributed by atoms with van der Waals surface area (Å²) in [5.74, 6) is 1.78.